The second-order valence-electron chi connectivity index (χ2n) is 7.59. The number of carbonyl (C=O) groups is 1. The number of hydrogen-bond donors (Lipinski definition) is 1. The van der Waals surface area contributed by atoms with Crippen molar-refractivity contribution < 1.29 is 9.53 Å². The highest BCUT2D eigenvalue weighted by molar-refractivity contribution is 6.03. The van der Waals surface area contributed by atoms with Crippen LogP contribution in [0.4, 0.5) is 5.69 Å². The van der Waals surface area contributed by atoms with E-state index in [1.165, 1.54) is 0 Å². The first-order valence-corrected chi connectivity index (χ1v) is 10.9. The van der Waals surface area contributed by atoms with Crippen LogP contribution in [0.15, 0.2) is 54.9 Å². The molecule has 0 radical (unpaired) electrons. The van der Waals surface area contributed by atoms with Crippen LogP contribution < -0.4 is 10.1 Å². The quantitative estimate of drug-likeness (QED) is 0.434. The van der Waals surface area contributed by atoms with Gasteiger partial charge in [0, 0.05) is 31.0 Å². The van der Waals surface area contributed by atoms with Crippen molar-refractivity contribution >= 4 is 11.6 Å². The van der Waals surface area contributed by atoms with Gasteiger partial charge >= 0.3 is 0 Å². The molecule has 1 aromatic carbocycles. The largest absolute Gasteiger partial charge is 0.438 e. The zero-order chi connectivity index (χ0) is 23.4. The number of aromatic nitrogens is 5. The van der Waals surface area contributed by atoms with Gasteiger partial charge in [0.1, 0.15) is 17.3 Å². The summed E-state index contributed by atoms with van der Waals surface area (Å²) in [5, 5.41) is 7.27. The Morgan fingerprint density at radius 1 is 1.06 bits per heavy atom. The van der Waals surface area contributed by atoms with E-state index in [2.05, 4.69) is 25.4 Å². The van der Waals surface area contributed by atoms with Gasteiger partial charge in [-0.3, -0.25) is 9.48 Å². The first kappa shape index (κ1) is 22.1. The minimum absolute atomic E-state index is 0.201. The highest BCUT2D eigenvalue weighted by Gasteiger charge is 2.15. The second-order valence-corrected chi connectivity index (χ2v) is 7.59. The fraction of sp³-hybridized carbons (Fsp3) is 0.240. The van der Waals surface area contributed by atoms with E-state index >= 15 is 0 Å². The van der Waals surface area contributed by atoms with Crippen LogP contribution in [0.1, 0.15) is 41.4 Å². The number of hydrogen-bond acceptors (Lipinski definition) is 6. The van der Waals surface area contributed by atoms with Crippen molar-refractivity contribution in [2.24, 2.45) is 0 Å². The van der Waals surface area contributed by atoms with Gasteiger partial charge in [-0.25, -0.2) is 15.0 Å². The molecular formula is C25H26N6O2. The Morgan fingerprint density at radius 2 is 1.91 bits per heavy atom. The first-order valence-electron chi connectivity index (χ1n) is 10.9. The summed E-state index contributed by atoms with van der Waals surface area (Å²) in [5.74, 6) is 1.67. The molecule has 33 heavy (non-hydrogen) atoms. The van der Waals surface area contributed by atoms with Crippen molar-refractivity contribution in [3.05, 3.63) is 77.6 Å². The predicted molar refractivity (Wildman–Crippen MR) is 126 cm³/mol. The fourth-order valence-corrected chi connectivity index (χ4v) is 3.50. The average molecular weight is 443 g/mol. The number of nitrogens with one attached hydrogen (secondary N) is 1. The van der Waals surface area contributed by atoms with Crippen LogP contribution in [-0.4, -0.2) is 30.6 Å². The van der Waals surface area contributed by atoms with Crippen molar-refractivity contribution in [2.75, 3.05) is 5.32 Å². The lowest BCUT2D eigenvalue weighted by Gasteiger charge is -2.13. The molecule has 0 spiro atoms. The molecule has 0 fully saturated rings. The smallest absolute Gasteiger partial charge is 0.273 e. The number of anilines is 1. The highest BCUT2D eigenvalue weighted by atomic mass is 16.5. The molecule has 0 aliphatic rings. The highest BCUT2D eigenvalue weighted by Crippen LogP contribution is 2.32. The van der Waals surface area contributed by atoms with Crippen LogP contribution in [0.2, 0.25) is 0 Å². The van der Waals surface area contributed by atoms with Crippen molar-refractivity contribution in [1.29, 1.82) is 0 Å². The molecule has 0 aliphatic heterocycles. The SMILES string of the molecule is CCc1nccc(-c2cccnc2Oc2ccc(NC(=O)c3cc(C)nn3CC)cc2C)n1. The number of nitrogens with zero attached hydrogens (tertiary/aromatic N) is 5. The normalized spacial score (nSPS) is 10.8. The minimum Gasteiger partial charge on any atom is -0.438 e. The van der Waals surface area contributed by atoms with E-state index in [1.54, 1.807) is 23.1 Å². The van der Waals surface area contributed by atoms with Gasteiger partial charge < -0.3 is 10.1 Å². The molecule has 168 valence electrons. The van der Waals surface area contributed by atoms with E-state index in [0.717, 1.165) is 34.8 Å². The molecule has 3 aromatic heterocycles. The Balaban J connectivity index is 1.56. The Kier molecular flexibility index (Phi) is 6.44. The van der Waals surface area contributed by atoms with Gasteiger partial charge in [0.2, 0.25) is 5.88 Å². The van der Waals surface area contributed by atoms with Crippen LogP contribution in [0, 0.1) is 13.8 Å². The Labute approximate surface area is 192 Å². The summed E-state index contributed by atoms with van der Waals surface area (Å²) in [5.41, 5.74) is 4.42. The lowest BCUT2D eigenvalue weighted by molar-refractivity contribution is 0.101. The molecule has 0 unspecified atom stereocenters. The summed E-state index contributed by atoms with van der Waals surface area (Å²) in [4.78, 5) is 26.0. The van der Waals surface area contributed by atoms with Crippen molar-refractivity contribution in [1.82, 2.24) is 24.7 Å². The maximum Gasteiger partial charge on any atom is 0.273 e. The van der Waals surface area contributed by atoms with Crippen LogP contribution in [-0.2, 0) is 13.0 Å². The fourth-order valence-electron chi connectivity index (χ4n) is 3.50. The number of amides is 1. The number of pyridine rings is 1. The van der Waals surface area contributed by atoms with Crippen molar-refractivity contribution in [2.45, 2.75) is 40.7 Å². The molecule has 4 rings (SSSR count). The van der Waals surface area contributed by atoms with E-state index in [1.807, 2.05) is 64.1 Å². The van der Waals surface area contributed by atoms with Gasteiger partial charge in [-0.15, -0.1) is 0 Å². The van der Waals surface area contributed by atoms with Crippen LogP contribution >= 0.6 is 0 Å². The molecule has 0 atom stereocenters. The maximum atomic E-state index is 12.7. The van der Waals surface area contributed by atoms with E-state index in [9.17, 15) is 4.79 Å². The Morgan fingerprint density at radius 3 is 2.67 bits per heavy atom. The van der Waals surface area contributed by atoms with Gasteiger partial charge in [-0.2, -0.15) is 5.10 Å². The maximum absolute atomic E-state index is 12.7. The third-order valence-electron chi connectivity index (χ3n) is 5.14. The zero-order valence-electron chi connectivity index (χ0n) is 19.2. The standard InChI is InChI=1S/C25H26N6O2/c1-5-23-26-13-11-20(29-23)19-8-7-12-27-25(19)33-22-10-9-18(14-16(22)3)28-24(32)21-15-17(4)30-31(21)6-2/h7-15H,5-6H2,1-4H3,(H,28,32). The molecule has 0 bridgehead atoms. The molecule has 8 nitrogen and oxygen atoms in total. The molecule has 8 heteroatoms. The van der Waals surface area contributed by atoms with Crippen molar-refractivity contribution in [3.63, 3.8) is 0 Å². The third kappa shape index (κ3) is 4.90. The number of benzene rings is 1. The summed E-state index contributed by atoms with van der Waals surface area (Å²) in [6.07, 6.45) is 4.17. The summed E-state index contributed by atoms with van der Waals surface area (Å²) < 4.78 is 7.84. The van der Waals surface area contributed by atoms with Crippen LogP contribution in [0.25, 0.3) is 11.3 Å². The summed E-state index contributed by atoms with van der Waals surface area (Å²) in [6, 6.07) is 12.9. The predicted octanol–water partition coefficient (Wildman–Crippen LogP) is 4.98. The van der Waals surface area contributed by atoms with E-state index in [4.69, 9.17) is 4.74 Å². The molecule has 0 aliphatic carbocycles. The van der Waals surface area contributed by atoms with E-state index in [0.29, 0.717) is 29.6 Å². The first-order chi connectivity index (χ1) is 16.0. The molecular weight excluding hydrogens is 416 g/mol. The third-order valence-corrected chi connectivity index (χ3v) is 5.14. The lowest BCUT2D eigenvalue weighted by atomic mass is 10.1. The summed E-state index contributed by atoms with van der Waals surface area (Å²) >= 11 is 0. The number of rotatable bonds is 7. The minimum atomic E-state index is -0.201. The van der Waals surface area contributed by atoms with Crippen molar-refractivity contribution in [3.8, 4) is 22.9 Å². The van der Waals surface area contributed by atoms with Gasteiger partial charge in [-0.1, -0.05) is 6.92 Å². The molecule has 0 saturated heterocycles. The zero-order valence-corrected chi connectivity index (χ0v) is 19.2. The van der Waals surface area contributed by atoms with E-state index < -0.39 is 0 Å². The van der Waals surface area contributed by atoms with Gasteiger partial charge in [0.25, 0.3) is 5.91 Å². The summed E-state index contributed by atoms with van der Waals surface area (Å²) in [7, 11) is 0. The van der Waals surface area contributed by atoms with Crippen LogP contribution in [0.3, 0.4) is 0 Å². The molecule has 0 saturated carbocycles. The van der Waals surface area contributed by atoms with Gasteiger partial charge in [-0.05, 0) is 68.8 Å². The van der Waals surface area contributed by atoms with Crippen LogP contribution in [0.5, 0.6) is 11.6 Å². The number of aryl methyl sites for hydroxylation is 4. The number of ether oxygens (including phenoxy) is 1. The topological polar surface area (TPSA) is 94.8 Å². The molecule has 3 heterocycles. The van der Waals surface area contributed by atoms with Gasteiger partial charge in [0.05, 0.1) is 17.0 Å². The molecule has 1 amide bonds. The molecule has 1 N–H and O–H groups in total. The molecule has 4 aromatic rings. The number of carbonyl (C=O) groups excluding carboxylic acids is 1. The van der Waals surface area contributed by atoms with Gasteiger partial charge in [0.15, 0.2) is 0 Å². The average Bonchev–Trinajstić information content (AvgIpc) is 3.22. The summed E-state index contributed by atoms with van der Waals surface area (Å²) in [6.45, 7) is 8.39. The lowest BCUT2D eigenvalue weighted by Crippen LogP contribution is -2.17. The monoisotopic (exact) mass is 442 g/mol. The Bertz CT molecular complexity index is 1300. The van der Waals surface area contributed by atoms with E-state index in [-0.39, 0.29) is 5.91 Å². The second kappa shape index (κ2) is 9.60. The Hall–Kier alpha value is -4.07.